The van der Waals surface area contributed by atoms with Crippen LogP contribution in [0.25, 0.3) is 0 Å². The third-order valence-electron chi connectivity index (χ3n) is 7.26. The van der Waals surface area contributed by atoms with E-state index in [-0.39, 0.29) is 23.4 Å². The Morgan fingerprint density at radius 1 is 1.15 bits per heavy atom. The summed E-state index contributed by atoms with van der Waals surface area (Å²) in [4.78, 5) is 48.6. The molecule has 0 spiro atoms. The summed E-state index contributed by atoms with van der Waals surface area (Å²) in [6, 6.07) is 9.45. The minimum absolute atomic E-state index is 0.0605. The number of sulfonamides is 1. The monoisotopic (exact) mass is 623 g/mol. The van der Waals surface area contributed by atoms with Gasteiger partial charge in [0, 0.05) is 27.7 Å². The van der Waals surface area contributed by atoms with Gasteiger partial charge in [-0.05, 0) is 42.2 Å². The van der Waals surface area contributed by atoms with E-state index in [0.717, 1.165) is 19.1 Å². The Hall–Kier alpha value is -3.23. The number of benzene rings is 2. The number of rotatable bonds is 8. The summed E-state index contributed by atoms with van der Waals surface area (Å²) in [5.41, 5.74) is 3.62. The fraction of sp³-hybridized carbons (Fsp3) is 0.385. The van der Waals surface area contributed by atoms with E-state index in [1.807, 2.05) is 0 Å². The first kappa shape index (κ1) is 29.3. The number of fused-ring (bicyclic) bond motifs is 1. The number of nitrogens with one attached hydrogen (secondary N) is 3. The van der Waals surface area contributed by atoms with Crippen LogP contribution < -0.4 is 16.0 Å². The number of aromatic amines is 1. The Bertz CT molecular complexity index is 1630. The SMILES string of the molecule is CS(=O)(=O)NC1CCCCC1N1C(=O)c2ccccc2C(C(=O)NOCc2noc(=O)[nH]2)C1c1ccc(Cl)cc1Cl. The standard InChI is InChI=1S/C26H27Cl2N5O7S/c1-41(37,38)32-19-8-4-5-9-20(19)33-23(17-11-10-14(27)12-18(17)28)22(15-6-2-3-7-16(15)25(33)35)24(34)31-39-13-21-29-26(36)40-30-21/h2-3,6-7,10-12,19-20,22-23,32H,4-5,8-9,13H2,1H3,(H,31,34)(H,29,30,36). The molecule has 4 unspecified atom stereocenters. The molecule has 1 fully saturated rings. The van der Waals surface area contributed by atoms with Crippen LogP contribution in [0, 0.1) is 0 Å². The number of nitrogens with zero attached hydrogens (tertiary/aromatic N) is 2. The largest absolute Gasteiger partial charge is 0.438 e. The van der Waals surface area contributed by atoms with Gasteiger partial charge in [-0.3, -0.25) is 23.9 Å². The lowest BCUT2D eigenvalue weighted by Gasteiger charge is -2.49. The molecule has 15 heteroatoms. The zero-order valence-corrected chi connectivity index (χ0v) is 24.1. The molecule has 218 valence electrons. The molecular formula is C26H27Cl2N5O7S. The molecule has 1 aliphatic carbocycles. The zero-order valence-electron chi connectivity index (χ0n) is 21.8. The van der Waals surface area contributed by atoms with E-state index < -0.39 is 45.7 Å². The van der Waals surface area contributed by atoms with E-state index in [2.05, 4.69) is 24.9 Å². The Labute approximate surface area is 245 Å². The first-order valence-corrected chi connectivity index (χ1v) is 15.5. The van der Waals surface area contributed by atoms with Gasteiger partial charge in [0.05, 0.1) is 18.2 Å². The molecule has 1 aliphatic heterocycles. The average Bonchev–Trinajstić information content (AvgIpc) is 3.33. The molecule has 41 heavy (non-hydrogen) atoms. The average molecular weight is 625 g/mol. The lowest BCUT2D eigenvalue weighted by Crippen LogP contribution is -2.59. The molecule has 5 rings (SSSR count). The van der Waals surface area contributed by atoms with Crippen LogP contribution in [0.1, 0.15) is 65.0 Å². The van der Waals surface area contributed by atoms with E-state index in [9.17, 15) is 22.8 Å². The summed E-state index contributed by atoms with van der Waals surface area (Å²) in [5, 5.41) is 4.11. The van der Waals surface area contributed by atoms with Crippen molar-refractivity contribution in [3.63, 3.8) is 0 Å². The van der Waals surface area contributed by atoms with Crippen LogP contribution >= 0.6 is 23.2 Å². The summed E-state index contributed by atoms with van der Waals surface area (Å²) in [6.07, 6.45) is 3.63. The van der Waals surface area contributed by atoms with Crippen molar-refractivity contribution in [2.45, 2.75) is 56.3 Å². The van der Waals surface area contributed by atoms with Gasteiger partial charge < -0.3 is 4.90 Å². The van der Waals surface area contributed by atoms with Crippen LogP contribution in [0.3, 0.4) is 0 Å². The lowest BCUT2D eigenvalue weighted by molar-refractivity contribution is -0.138. The summed E-state index contributed by atoms with van der Waals surface area (Å²) in [5.74, 6) is -2.67. The molecule has 3 N–H and O–H groups in total. The van der Waals surface area contributed by atoms with Gasteiger partial charge in [-0.15, -0.1) is 0 Å². The van der Waals surface area contributed by atoms with E-state index in [1.54, 1.807) is 41.3 Å². The number of halogens is 2. The van der Waals surface area contributed by atoms with Crippen LogP contribution in [0.5, 0.6) is 0 Å². The molecule has 3 aromatic rings. The molecular weight excluding hydrogens is 597 g/mol. The van der Waals surface area contributed by atoms with Crippen molar-refractivity contribution in [3.8, 4) is 0 Å². The van der Waals surface area contributed by atoms with Crippen molar-refractivity contribution in [2.24, 2.45) is 0 Å². The number of aromatic nitrogens is 2. The van der Waals surface area contributed by atoms with Gasteiger partial charge in [0.2, 0.25) is 10.0 Å². The summed E-state index contributed by atoms with van der Waals surface area (Å²) >= 11 is 12.9. The topological polar surface area (TPSA) is 164 Å². The van der Waals surface area contributed by atoms with Gasteiger partial charge in [-0.25, -0.2) is 23.4 Å². The maximum absolute atomic E-state index is 14.2. The predicted molar refractivity (Wildman–Crippen MR) is 149 cm³/mol. The Morgan fingerprint density at radius 3 is 2.61 bits per heavy atom. The molecule has 2 aliphatic rings. The predicted octanol–water partition coefficient (Wildman–Crippen LogP) is 3.06. The van der Waals surface area contributed by atoms with Gasteiger partial charge in [0.1, 0.15) is 6.61 Å². The van der Waals surface area contributed by atoms with Crippen LogP contribution in [-0.2, 0) is 26.3 Å². The molecule has 4 atom stereocenters. The highest BCUT2D eigenvalue weighted by Crippen LogP contribution is 2.47. The highest BCUT2D eigenvalue weighted by atomic mass is 35.5. The summed E-state index contributed by atoms with van der Waals surface area (Å²) in [6.45, 7) is -0.288. The molecule has 0 saturated heterocycles. The number of carbonyl (C=O) groups excluding carboxylic acids is 2. The minimum Gasteiger partial charge on any atom is -0.326 e. The normalized spacial score (nSPS) is 22.8. The zero-order chi connectivity index (χ0) is 29.3. The summed E-state index contributed by atoms with van der Waals surface area (Å²) in [7, 11) is -3.61. The van der Waals surface area contributed by atoms with Crippen LogP contribution in [0.15, 0.2) is 51.8 Å². The Balaban J connectivity index is 1.60. The molecule has 12 nitrogen and oxygen atoms in total. The van der Waals surface area contributed by atoms with Crippen molar-refractivity contribution in [1.29, 1.82) is 0 Å². The maximum Gasteiger partial charge on any atom is 0.438 e. The van der Waals surface area contributed by atoms with Gasteiger partial charge in [-0.1, -0.05) is 65.5 Å². The van der Waals surface area contributed by atoms with Crippen molar-refractivity contribution in [1.82, 2.24) is 25.2 Å². The second-order valence-electron chi connectivity index (χ2n) is 10.0. The maximum atomic E-state index is 14.2. The van der Waals surface area contributed by atoms with Crippen molar-refractivity contribution in [3.05, 3.63) is 85.6 Å². The molecule has 2 amide bonds. The Morgan fingerprint density at radius 2 is 1.90 bits per heavy atom. The number of amides is 2. The number of hydrogen-bond donors (Lipinski definition) is 3. The first-order valence-electron chi connectivity index (χ1n) is 12.8. The molecule has 1 aromatic heterocycles. The van der Waals surface area contributed by atoms with E-state index in [1.165, 1.54) is 6.07 Å². The van der Waals surface area contributed by atoms with Crippen LogP contribution in [0.4, 0.5) is 0 Å². The molecule has 0 radical (unpaired) electrons. The lowest BCUT2D eigenvalue weighted by atomic mass is 9.76. The number of hydroxylamine groups is 1. The van der Waals surface area contributed by atoms with E-state index in [0.29, 0.717) is 34.6 Å². The third-order valence-corrected chi connectivity index (χ3v) is 8.55. The highest BCUT2D eigenvalue weighted by Gasteiger charge is 2.49. The Kier molecular flexibility index (Phi) is 8.52. The number of H-pyrrole nitrogens is 1. The second kappa shape index (κ2) is 11.9. The van der Waals surface area contributed by atoms with E-state index in [4.69, 9.17) is 28.0 Å². The van der Waals surface area contributed by atoms with Gasteiger partial charge in [0.15, 0.2) is 5.82 Å². The molecule has 2 heterocycles. The van der Waals surface area contributed by atoms with Gasteiger partial charge in [0.25, 0.3) is 11.8 Å². The fourth-order valence-electron chi connectivity index (χ4n) is 5.69. The minimum atomic E-state index is -3.61. The van der Waals surface area contributed by atoms with Gasteiger partial charge >= 0.3 is 5.76 Å². The smallest absolute Gasteiger partial charge is 0.326 e. The number of carbonyl (C=O) groups is 2. The molecule has 1 saturated carbocycles. The fourth-order valence-corrected chi connectivity index (χ4v) is 7.03. The van der Waals surface area contributed by atoms with Crippen LogP contribution in [-0.4, -0.2) is 53.6 Å². The first-order chi connectivity index (χ1) is 19.5. The van der Waals surface area contributed by atoms with Crippen molar-refractivity contribution in [2.75, 3.05) is 6.26 Å². The highest BCUT2D eigenvalue weighted by molar-refractivity contribution is 7.88. The quantitative estimate of drug-likeness (QED) is 0.322. The van der Waals surface area contributed by atoms with Crippen molar-refractivity contribution >= 4 is 45.0 Å². The third kappa shape index (κ3) is 6.33. The second-order valence-corrected chi connectivity index (χ2v) is 12.7. The molecule has 2 aromatic carbocycles. The van der Waals surface area contributed by atoms with Crippen molar-refractivity contribution < 1.29 is 27.4 Å². The van der Waals surface area contributed by atoms with E-state index >= 15 is 0 Å². The number of hydrogen-bond acceptors (Lipinski definition) is 8. The molecule has 0 bridgehead atoms. The van der Waals surface area contributed by atoms with Gasteiger partial charge in [-0.2, -0.15) is 0 Å². The van der Waals surface area contributed by atoms with Crippen LogP contribution in [0.2, 0.25) is 10.0 Å². The summed E-state index contributed by atoms with van der Waals surface area (Å²) < 4.78 is 31.7.